The maximum absolute atomic E-state index is 5.54. The van der Waals surface area contributed by atoms with E-state index < -0.39 is 0 Å². The zero-order chi connectivity index (χ0) is 14.7. The Labute approximate surface area is 135 Å². The molecule has 1 saturated carbocycles. The lowest BCUT2D eigenvalue weighted by Gasteiger charge is -2.27. The third-order valence-electron chi connectivity index (χ3n) is 4.24. The third kappa shape index (κ3) is 3.96. The molecular formula is C15H25N3OS2. The van der Waals surface area contributed by atoms with E-state index in [4.69, 9.17) is 9.51 Å². The number of thioether (sulfide) groups is 2. The van der Waals surface area contributed by atoms with E-state index >= 15 is 0 Å². The number of aromatic nitrogens is 2. The van der Waals surface area contributed by atoms with Crippen LogP contribution in [-0.2, 0) is 6.42 Å². The van der Waals surface area contributed by atoms with E-state index in [1.165, 1.54) is 30.8 Å². The van der Waals surface area contributed by atoms with Gasteiger partial charge in [-0.2, -0.15) is 16.7 Å². The van der Waals surface area contributed by atoms with Gasteiger partial charge in [0.2, 0.25) is 5.89 Å². The standard InChI is InChI=1S/C15H25N3OS2/c1-3-12-14(21-8-7-20-12)15-17-13(19-18-15)9-11(16-4-2)10-5-6-10/h10-12,14,16H,3-9H2,1-2H3. The normalized spacial score (nSPS) is 27.7. The van der Waals surface area contributed by atoms with E-state index in [2.05, 4.69) is 36.1 Å². The molecule has 1 N–H and O–H groups in total. The van der Waals surface area contributed by atoms with Crippen molar-refractivity contribution in [3.8, 4) is 0 Å². The van der Waals surface area contributed by atoms with Crippen molar-refractivity contribution in [1.29, 1.82) is 0 Å². The minimum atomic E-state index is 0.407. The highest BCUT2D eigenvalue weighted by Gasteiger charge is 2.33. The summed E-state index contributed by atoms with van der Waals surface area (Å²) in [7, 11) is 0. The molecule has 3 atom stereocenters. The van der Waals surface area contributed by atoms with Crippen LogP contribution in [0.25, 0.3) is 0 Å². The Morgan fingerprint density at radius 1 is 1.29 bits per heavy atom. The van der Waals surface area contributed by atoms with Gasteiger partial charge in [-0.15, -0.1) is 11.8 Å². The summed E-state index contributed by atoms with van der Waals surface area (Å²) in [6.07, 6.45) is 4.73. The van der Waals surface area contributed by atoms with Crippen LogP contribution >= 0.6 is 23.5 Å². The van der Waals surface area contributed by atoms with Crippen molar-refractivity contribution in [2.24, 2.45) is 5.92 Å². The zero-order valence-electron chi connectivity index (χ0n) is 12.9. The molecule has 1 saturated heterocycles. The fraction of sp³-hybridized carbons (Fsp3) is 0.867. The smallest absolute Gasteiger partial charge is 0.228 e. The zero-order valence-corrected chi connectivity index (χ0v) is 14.5. The molecule has 1 aliphatic heterocycles. The molecule has 0 spiro atoms. The van der Waals surface area contributed by atoms with Crippen molar-refractivity contribution in [3.05, 3.63) is 11.7 Å². The molecule has 118 valence electrons. The van der Waals surface area contributed by atoms with Gasteiger partial charge >= 0.3 is 0 Å². The monoisotopic (exact) mass is 327 g/mol. The predicted molar refractivity (Wildman–Crippen MR) is 89.9 cm³/mol. The summed E-state index contributed by atoms with van der Waals surface area (Å²) in [6.45, 7) is 5.43. The molecule has 2 aliphatic rings. The molecule has 1 aromatic rings. The molecule has 4 nitrogen and oxygen atoms in total. The highest BCUT2D eigenvalue weighted by molar-refractivity contribution is 8.06. The van der Waals surface area contributed by atoms with Gasteiger partial charge in [0.25, 0.3) is 0 Å². The van der Waals surface area contributed by atoms with Gasteiger partial charge in [-0.25, -0.2) is 0 Å². The Hall–Kier alpha value is -0.200. The average Bonchev–Trinajstić information content (AvgIpc) is 3.26. The minimum absolute atomic E-state index is 0.407. The SMILES string of the molecule is CCNC(Cc1nc(C2SCCSC2CC)no1)C1CC1. The van der Waals surface area contributed by atoms with Crippen molar-refractivity contribution >= 4 is 23.5 Å². The van der Waals surface area contributed by atoms with E-state index in [-0.39, 0.29) is 0 Å². The fourth-order valence-electron chi connectivity index (χ4n) is 2.96. The quantitative estimate of drug-likeness (QED) is 0.829. The Kier molecular flexibility index (Phi) is 5.51. The summed E-state index contributed by atoms with van der Waals surface area (Å²) in [5.74, 6) is 4.98. The van der Waals surface area contributed by atoms with E-state index in [1.54, 1.807) is 0 Å². The molecule has 2 fully saturated rings. The van der Waals surface area contributed by atoms with Crippen molar-refractivity contribution in [3.63, 3.8) is 0 Å². The number of hydrogen-bond acceptors (Lipinski definition) is 6. The molecule has 2 heterocycles. The van der Waals surface area contributed by atoms with Crippen LogP contribution in [0.5, 0.6) is 0 Å². The van der Waals surface area contributed by atoms with E-state index in [1.807, 2.05) is 11.8 Å². The minimum Gasteiger partial charge on any atom is -0.339 e. The highest BCUT2D eigenvalue weighted by atomic mass is 32.2. The number of nitrogens with one attached hydrogen (secondary N) is 1. The van der Waals surface area contributed by atoms with Gasteiger partial charge in [0, 0.05) is 29.2 Å². The first-order valence-corrected chi connectivity index (χ1v) is 10.2. The van der Waals surface area contributed by atoms with Crippen molar-refractivity contribution < 1.29 is 4.52 Å². The summed E-state index contributed by atoms with van der Waals surface area (Å²) in [6, 6.07) is 0.513. The van der Waals surface area contributed by atoms with Crippen molar-refractivity contribution in [2.45, 2.75) is 56.1 Å². The third-order valence-corrected chi connectivity index (χ3v) is 7.49. The molecule has 0 radical (unpaired) electrons. The summed E-state index contributed by atoms with van der Waals surface area (Å²) in [4.78, 5) is 4.71. The van der Waals surface area contributed by atoms with E-state index in [9.17, 15) is 0 Å². The van der Waals surface area contributed by atoms with E-state index in [0.717, 1.165) is 30.6 Å². The van der Waals surface area contributed by atoms with Crippen LogP contribution < -0.4 is 5.32 Å². The average molecular weight is 328 g/mol. The lowest BCUT2D eigenvalue weighted by molar-refractivity contribution is 0.344. The lowest BCUT2D eigenvalue weighted by Crippen LogP contribution is -2.33. The van der Waals surface area contributed by atoms with Gasteiger partial charge in [-0.1, -0.05) is 19.0 Å². The first-order chi connectivity index (χ1) is 10.3. The maximum Gasteiger partial charge on any atom is 0.228 e. The van der Waals surface area contributed by atoms with Gasteiger partial charge in [0.15, 0.2) is 5.82 Å². The second kappa shape index (κ2) is 7.38. The largest absolute Gasteiger partial charge is 0.339 e. The Bertz CT molecular complexity index is 450. The highest BCUT2D eigenvalue weighted by Crippen LogP contribution is 2.43. The van der Waals surface area contributed by atoms with Crippen LogP contribution in [0, 0.1) is 5.92 Å². The summed E-state index contributed by atoms with van der Waals surface area (Å²) >= 11 is 4.05. The van der Waals surface area contributed by atoms with Crippen LogP contribution in [0.1, 0.15) is 50.1 Å². The Balaban J connectivity index is 1.64. The topological polar surface area (TPSA) is 51.0 Å². The van der Waals surface area contributed by atoms with Crippen LogP contribution in [0.15, 0.2) is 4.52 Å². The van der Waals surface area contributed by atoms with Crippen LogP contribution in [0.4, 0.5) is 0 Å². The molecule has 0 amide bonds. The molecule has 3 unspecified atom stereocenters. The van der Waals surface area contributed by atoms with Gasteiger partial charge < -0.3 is 9.84 Å². The number of rotatable bonds is 7. The van der Waals surface area contributed by atoms with Gasteiger partial charge in [-0.05, 0) is 31.7 Å². The maximum atomic E-state index is 5.54. The molecule has 1 aliphatic carbocycles. The molecular weight excluding hydrogens is 302 g/mol. The fourth-order valence-corrected chi connectivity index (χ4v) is 5.94. The molecule has 1 aromatic heterocycles. The Morgan fingerprint density at radius 3 is 2.81 bits per heavy atom. The van der Waals surface area contributed by atoms with Crippen LogP contribution in [0.2, 0.25) is 0 Å². The van der Waals surface area contributed by atoms with Crippen molar-refractivity contribution in [2.75, 3.05) is 18.1 Å². The summed E-state index contributed by atoms with van der Waals surface area (Å²) in [5.41, 5.74) is 0. The van der Waals surface area contributed by atoms with E-state index in [0.29, 0.717) is 16.5 Å². The Morgan fingerprint density at radius 2 is 2.10 bits per heavy atom. The molecule has 3 rings (SSSR count). The second-order valence-corrected chi connectivity index (χ2v) is 8.46. The van der Waals surface area contributed by atoms with Crippen molar-refractivity contribution in [1.82, 2.24) is 15.5 Å². The van der Waals surface area contributed by atoms with Gasteiger partial charge in [-0.3, -0.25) is 0 Å². The molecule has 21 heavy (non-hydrogen) atoms. The van der Waals surface area contributed by atoms with Gasteiger partial charge in [0.1, 0.15) is 0 Å². The summed E-state index contributed by atoms with van der Waals surface area (Å²) in [5, 5.41) is 8.88. The first-order valence-electron chi connectivity index (χ1n) is 8.10. The van der Waals surface area contributed by atoms with Crippen LogP contribution in [-0.4, -0.2) is 39.5 Å². The summed E-state index contributed by atoms with van der Waals surface area (Å²) < 4.78 is 5.54. The van der Waals surface area contributed by atoms with Gasteiger partial charge in [0.05, 0.1) is 5.25 Å². The first kappa shape index (κ1) is 15.7. The predicted octanol–water partition coefficient (Wildman–Crippen LogP) is 3.30. The number of hydrogen-bond donors (Lipinski definition) is 1. The second-order valence-electron chi connectivity index (χ2n) is 5.86. The lowest BCUT2D eigenvalue weighted by atomic mass is 10.1. The van der Waals surface area contributed by atoms with Crippen LogP contribution in [0.3, 0.4) is 0 Å². The molecule has 6 heteroatoms. The number of nitrogens with zero attached hydrogens (tertiary/aromatic N) is 2. The molecule has 0 bridgehead atoms. The molecule has 0 aromatic carbocycles. The number of likely N-dealkylation sites (N-methyl/N-ethyl adjacent to an activating group) is 1.